The average Bonchev–Trinajstić information content (AvgIpc) is 2.98. The van der Waals surface area contributed by atoms with Gasteiger partial charge in [0.1, 0.15) is 5.82 Å². The predicted octanol–water partition coefficient (Wildman–Crippen LogP) is 0.452. The number of nitrogens with zero attached hydrogens (tertiary/aromatic N) is 6. The van der Waals surface area contributed by atoms with Gasteiger partial charge in [0, 0.05) is 31.6 Å². The van der Waals surface area contributed by atoms with E-state index in [1.54, 1.807) is 0 Å². The van der Waals surface area contributed by atoms with E-state index in [-0.39, 0.29) is 11.5 Å². The van der Waals surface area contributed by atoms with Crippen LogP contribution < -0.4 is 4.90 Å². The van der Waals surface area contributed by atoms with Crippen LogP contribution in [0.1, 0.15) is 43.8 Å². The van der Waals surface area contributed by atoms with Crippen LogP contribution in [0, 0.1) is 0 Å². The van der Waals surface area contributed by atoms with Crippen molar-refractivity contribution in [3.63, 3.8) is 0 Å². The fourth-order valence-corrected chi connectivity index (χ4v) is 6.06. The smallest absolute Gasteiger partial charge is 0.178 e. The molecule has 2 aromatic heterocycles. The molecule has 1 N–H and O–H groups in total. The van der Waals surface area contributed by atoms with E-state index in [0.717, 1.165) is 43.2 Å². The van der Waals surface area contributed by atoms with E-state index in [1.807, 2.05) is 23.7 Å². The minimum atomic E-state index is -2.97. The van der Waals surface area contributed by atoms with Gasteiger partial charge < -0.3 is 10.0 Å². The minimum Gasteiger partial charge on any atom is -0.388 e. The fourth-order valence-electron chi connectivity index (χ4n) is 4.48. The molecule has 10 heteroatoms. The average molecular weight is 421 g/mol. The van der Waals surface area contributed by atoms with E-state index < -0.39 is 15.4 Å². The third-order valence-electron chi connectivity index (χ3n) is 6.85. The quantitative estimate of drug-likeness (QED) is 0.744. The topological polar surface area (TPSA) is 104 Å². The molecule has 0 unspecified atom stereocenters. The van der Waals surface area contributed by atoms with E-state index in [1.165, 1.54) is 6.42 Å². The Labute approximate surface area is 170 Å². The van der Waals surface area contributed by atoms with Crippen molar-refractivity contribution in [3.8, 4) is 0 Å². The summed E-state index contributed by atoms with van der Waals surface area (Å²) in [7, 11) is -0.966. The molecule has 0 spiro atoms. The maximum atomic E-state index is 11.6. The van der Waals surface area contributed by atoms with Gasteiger partial charge in [-0.05, 0) is 44.9 Å². The lowest BCUT2D eigenvalue weighted by Gasteiger charge is -2.47. The number of fused-ring (bicyclic) bond motifs is 1. The van der Waals surface area contributed by atoms with Crippen LogP contribution in [0.5, 0.6) is 0 Å². The Morgan fingerprint density at radius 1 is 1.21 bits per heavy atom. The minimum absolute atomic E-state index is 0.0837. The summed E-state index contributed by atoms with van der Waals surface area (Å²) in [5, 5.41) is 24.2. The number of sulfone groups is 1. The Hall–Kier alpha value is -1.78. The molecule has 0 amide bonds. The van der Waals surface area contributed by atoms with Crippen LogP contribution in [-0.2, 0) is 9.84 Å². The molecule has 158 valence electrons. The summed E-state index contributed by atoms with van der Waals surface area (Å²) < 4.78 is 25.2. The number of likely N-dealkylation sites (N-methyl/N-ethyl adjacent to an activating group) is 1. The highest BCUT2D eigenvalue weighted by Gasteiger charge is 2.39. The van der Waals surface area contributed by atoms with Crippen molar-refractivity contribution < 1.29 is 13.5 Å². The van der Waals surface area contributed by atoms with Gasteiger partial charge in [-0.2, -0.15) is 4.52 Å². The second-order valence-electron chi connectivity index (χ2n) is 9.00. The Kier molecular flexibility index (Phi) is 4.56. The molecule has 1 saturated carbocycles. The summed E-state index contributed by atoms with van der Waals surface area (Å²) >= 11 is 0. The van der Waals surface area contributed by atoms with E-state index in [9.17, 15) is 13.5 Å². The van der Waals surface area contributed by atoms with Gasteiger partial charge in [0.25, 0.3) is 0 Å². The van der Waals surface area contributed by atoms with Crippen LogP contribution in [0.15, 0.2) is 12.1 Å². The predicted molar refractivity (Wildman–Crippen MR) is 109 cm³/mol. The molecule has 1 aliphatic carbocycles. The maximum Gasteiger partial charge on any atom is 0.178 e. The van der Waals surface area contributed by atoms with Crippen molar-refractivity contribution in [1.29, 1.82) is 0 Å². The molecule has 2 aromatic rings. The van der Waals surface area contributed by atoms with Crippen LogP contribution in [-0.4, -0.2) is 88.1 Å². The van der Waals surface area contributed by atoms with E-state index >= 15 is 0 Å². The van der Waals surface area contributed by atoms with Gasteiger partial charge in [-0.3, -0.25) is 4.90 Å². The molecule has 0 atom stereocenters. The number of rotatable bonds is 5. The van der Waals surface area contributed by atoms with Gasteiger partial charge in [0.05, 0.1) is 17.1 Å². The zero-order valence-electron chi connectivity index (χ0n) is 16.7. The van der Waals surface area contributed by atoms with Gasteiger partial charge in [0.2, 0.25) is 0 Å². The van der Waals surface area contributed by atoms with Gasteiger partial charge in [-0.25, -0.2) is 8.42 Å². The maximum absolute atomic E-state index is 11.6. The van der Waals surface area contributed by atoms with Crippen molar-refractivity contribution in [3.05, 3.63) is 18.0 Å². The van der Waals surface area contributed by atoms with Crippen LogP contribution in [0.2, 0.25) is 0 Å². The lowest BCUT2D eigenvalue weighted by molar-refractivity contribution is -0.0115. The van der Waals surface area contributed by atoms with Crippen molar-refractivity contribution in [2.24, 2.45) is 0 Å². The molecule has 0 aromatic carbocycles. The molecule has 3 aliphatic rings. The highest BCUT2D eigenvalue weighted by Crippen LogP contribution is 2.35. The summed E-state index contributed by atoms with van der Waals surface area (Å²) in [4.78, 5) is 4.38. The summed E-state index contributed by atoms with van der Waals surface area (Å²) in [6.45, 7) is 2.18. The molecular formula is C19H28N6O3S. The molecule has 2 aliphatic heterocycles. The Morgan fingerprint density at radius 3 is 2.59 bits per heavy atom. The van der Waals surface area contributed by atoms with Crippen LogP contribution in [0.4, 0.5) is 5.82 Å². The normalized spacial score (nSPS) is 24.6. The van der Waals surface area contributed by atoms with Crippen LogP contribution in [0.3, 0.4) is 0 Å². The molecule has 5 rings (SSSR count). The van der Waals surface area contributed by atoms with E-state index in [0.29, 0.717) is 31.3 Å². The number of hydrogen-bond acceptors (Lipinski definition) is 8. The Bertz CT molecular complexity index is 998. The first-order valence-corrected chi connectivity index (χ1v) is 12.2. The van der Waals surface area contributed by atoms with Crippen molar-refractivity contribution in [2.45, 2.75) is 49.7 Å². The highest BCUT2D eigenvalue weighted by molar-refractivity contribution is 7.91. The molecule has 2 saturated heterocycles. The van der Waals surface area contributed by atoms with Gasteiger partial charge in [-0.1, -0.05) is 6.42 Å². The molecular weight excluding hydrogens is 392 g/mol. The van der Waals surface area contributed by atoms with Crippen molar-refractivity contribution >= 4 is 21.3 Å². The number of aromatic nitrogens is 4. The van der Waals surface area contributed by atoms with E-state index in [2.05, 4.69) is 20.0 Å². The first-order valence-electron chi connectivity index (χ1n) is 10.4. The summed E-state index contributed by atoms with van der Waals surface area (Å²) in [5.41, 5.74) is -0.114. The number of anilines is 1. The fraction of sp³-hybridized carbons (Fsp3) is 0.737. The zero-order chi connectivity index (χ0) is 20.2. The zero-order valence-corrected chi connectivity index (χ0v) is 17.6. The third kappa shape index (κ3) is 3.62. The molecule has 29 heavy (non-hydrogen) atoms. The highest BCUT2D eigenvalue weighted by atomic mass is 32.2. The number of hydrogen-bond donors (Lipinski definition) is 1. The molecule has 3 fully saturated rings. The molecule has 9 nitrogen and oxygen atoms in total. The summed E-state index contributed by atoms with van der Waals surface area (Å²) in [6, 6.07) is 4.28. The monoisotopic (exact) mass is 420 g/mol. The van der Waals surface area contributed by atoms with Gasteiger partial charge >= 0.3 is 0 Å². The second-order valence-corrected chi connectivity index (χ2v) is 11.3. The van der Waals surface area contributed by atoms with Gasteiger partial charge in [0.15, 0.2) is 21.3 Å². The van der Waals surface area contributed by atoms with Crippen molar-refractivity contribution in [2.75, 3.05) is 43.1 Å². The van der Waals surface area contributed by atoms with Crippen LogP contribution >= 0.6 is 0 Å². The van der Waals surface area contributed by atoms with Crippen molar-refractivity contribution in [1.82, 2.24) is 24.7 Å². The van der Waals surface area contributed by atoms with E-state index in [4.69, 9.17) is 5.10 Å². The molecule has 0 radical (unpaired) electrons. The lowest BCUT2D eigenvalue weighted by atomic mass is 9.85. The second kappa shape index (κ2) is 6.88. The third-order valence-corrected chi connectivity index (χ3v) is 8.51. The summed E-state index contributed by atoms with van der Waals surface area (Å²) in [6.07, 6.45) is 4.22. The van der Waals surface area contributed by atoms with Crippen LogP contribution in [0.25, 0.3) is 5.65 Å². The molecule has 0 bridgehead atoms. The lowest BCUT2D eigenvalue weighted by Crippen LogP contribution is -2.61. The summed E-state index contributed by atoms with van der Waals surface area (Å²) in [5.74, 6) is 2.53. The largest absolute Gasteiger partial charge is 0.388 e. The SMILES string of the molecule is CN(CC1(O)CCS(=O)(=O)CC1)C1CN(c2ccc3nnc(C4CCC4)n3n2)C1. The number of aliphatic hydroxyl groups is 1. The molecule has 4 heterocycles. The standard InChI is InChI=1S/C19H28N6O3S/c1-23(13-19(26)7-9-29(27,28)10-8-19)15-11-24(12-15)17-6-5-16-20-21-18(25(16)22-17)14-3-2-4-14/h5-6,14-15,26H,2-4,7-13H2,1H3. The van der Waals surface area contributed by atoms with Gasteiger partial charge in [-0.15, -0.1) is 15.3 Å². The Morgan fingerprint density at radius 2 is 1.93 bits per heavy atom. The first kappa shape index (κ1) is 19.2. The first-order chi connectivity index (χ1) is 13.8. The Balaban J connectivity index is 1.21.